The molecule has 9 nitrogen and oxygen atoms in total. The summed E-state index contributed by atoms with van der Waals surface area (Å²) < 4.78 is 7.47. The van der Waals surface area contributed by atoms with Crippen LogP contribution in [0, 0.1) is 11.8 Å². The summed E-state index contributed by atoms with van der Waals surface area (Å²) in [6, 6.07) is 0. The molecule has 2 aromatic heterocycles. The topological polar surface area (TPSA) is 122 Å². The van der Waals surface area contributed by atoms with E-state index in [2.05, 4.69) is 20.3 Å². The molecule has 0 spiro atoms. The number of aromatic amines is 1. The molecule has 0 aromatic carbocycles. The maximum atomic E-state index is 12.2. The van der Waals surface area contributed by atoms with E-state index in [0.29, 0.717) is 0 Å². The Balaban J connectivity index is 2.01. The fourth-order valence-electron chi connectivity index (χ4n) is 2.99. The largest absolute Gasteiger partial charge is 0.388 e. The first-order chi connectivity index (χ1) is 11.8. The Morgan fingerprint density at radius 3 is 2.84 bits per heavy atom. The molecule has 25 heavy (non-hydrogen) atoms. The minimum atomic E-state index is -0.739. The molecule has 1 saturated heterocycles. The number of imidazole rings is 1. The SMILES string of the molecule is CC[C@H]1O[C@@H](n2cnc3c(=O)[nH]c(NC(=O)C(C)C)nc32)[C@H](O)[C@@H]1C. The highest BCUT2D eigenvalue weighted by Crippen LogP contribution is 2.36. The Labute approximate surface area is 144 Å². The third-order valence-electron chi connectivity index (χ3n) is 4.61. The van der Waals surface area contributed by atoms with Crippen LogP contribution in [0.25, 0.3) is 11.2 Å². The van der Waals surface area contributed by atoms with E-state index in [9.17, 15) is 14.7 Å². The molecular weight excluding hydrogens is 326 g/mol. The van der Waals surface area contributed by atoms with Crippen molar-refractivity contribution in [3.8, 4) is 0 Å². The second-order valence-corrected chi connectivity index (χ2v) is 6.71. The first-order valence-corrected chi connectivity index (χ1v) is 8.44. The Morgan fingerprint density at radius 2 is 2.24 bits per heavy atom. The molecule has 1 amide bonds. The number of anilines is 1. The summed E-state index contributed by atoms with van der Waals surface area (Å²) in [5, 5.41) is 13.1. The smallest absolute Gasteiger partial charge is 0.280 e. The third kappa shape index (κ3) is 3.05. The lowest BCUT2D eigenvalue weighted by Gasteiger charge is -2.17. The van der Waals surface area contributed by atoms with E-state index in [1.54, 1.807) is 18.4 Å². The summed E-state index contributed by atoms with van der Waals surface area (Å²) in [6.07, 6.45) is 0.703. The number of amides is 1. The molecule has 9 heteroatoms. The number of aliphatic hydroxyl groups is 1. The predicted molar refractivity (Wildman–Crippen MR) is 91.0 cm³/mol. The van der Waals surface area contributed by atoms with Crippen molar-refractivity contribution in [2.24, 2.45) is 11.8 Å². The number of ether oxygens (including phenoxy) is 1. The average molecular weight is 349 g/mol. The lowest BCUT2D eigenvalue weighted by molar-refractivity contribution is -0.118. The number of nitrogens with one attached hydrogen (secondary N) is 2. The second-order valence-electron chi connectivity index (χ2n) is 6.71. The van der Waals surface area contributed by atoms with E-state index in [1.807, 2.05) is 13.8 Å². The molecule has 1 aliphatic heterocycles. The van der Waals surface area contributed by atoms with E-state index in [0.717, 1.165) is 6.42 Å². The Bertz CT molecular complexity index is 843. The van der Waals surface area contributed by atoms with E-state index < -0.39 is 17.9 Å². The van der Waals surface area contributed by atoms with Crippen molar-refractivity contribution in [3.63, 3.8) is 0 Å². The van der Waals surface area contributed by atoms with Crippen LogP contribution in [0.15, 0.2) is 11.1 Å². The number of aromatic nitrogens is 4. The molecule has 0 radical (unpaired) electrons. The molecular formula is C16H23N5O4. The number of nitrogens with zero attached hydrogens (tertiary/aromatic N) is 3. The highest BCUT2D eigenvalue weighted by atomic mass is 16.5. The molecule has 1 fully saturated rings. The molecule has 0 bridgehead atoms. The van der Waals surface area contributed by atoms with Crippen LogP contribution in [0.1, 0.15) is 40.3 Å². The van der Waals surface area contributed by atoms with Crippen LogP contribution in [-0.4, -0.2) is 42.7 Å². The first-order valence-electron chi connectivity index (χ1n) is 8.44. The highest BCUT2D eigenvalue weighted by molar-refractivity contribution is 5.91. The van der Waals surface area contributed by atoms with Gasteiger partial charge in [-0.15, -0.1) is 0 Å². The lowest BCUT2D eigenvalue weighted by Crippen LogP contribution is -2.25. The molecule has 1 aliphatic rings. The third-order valence-corrected chi connectivity index (χ3v) is 4.61. The van der Waals surface area contributed by atoms with E-state index in [4.69, 9.17) is 4.74 Å². The summed E-state index contributed by atoms with van der Waals surface area (Å²) in [5.41, 5.74) is -0.0721. The van der Waals surface area contributed by atoms with E-state index in [-0.39, 0.29) is 41.0 Å². The van der Waals surface area contributed by atoms with Crippen molar-refractivity contribution >= 4 is 23.0 Å². The van der Waals surface area contributed by atoms with Crippen LogP contribution in [0.2, 0.25) is 0 Å². The molecule has 3 rings (SSSR count). The van der Waals surface area contributed by atoms with Crippen LogP contribution >= 0.6 is 0 Å². The van der Waals surface area contributed by atoms with Crippen molar-refractivity contribution in [1.29, 1.82) is 0 Å². The number of hydrogen-bond acceptors (Lipinski definition) is 6. The standard InChI is InChI=1S/C16H23N5O4/c1-5-9-8(4)11(22)15(25-9)21-6-17-10-12(21)18-16(20-14(10)24)19-13(23)7(2)3/h6-9,11,15,22H,5H2,1-4H3,(H2,18,19,20,23,24)/t8-,9-,11-,15-/m1/s1. The quantitative estimate of drug-likeness (QED) is 0.757. The van der Waals surface area contributed by atoms with Crippen LogP contribution < -0.4 is 10.9 Å². The van der Waals surface area contributed by atoms with Gasteiger partial charge in [-0.1, -0.05) is 27.7 Å². The van der Waals surface area contributed by atoms with E-state index in [1.165, 1.54) is 6.33 Å². The molecule has 3 N–H and O–H groups in total. The molecule has 4 atom stereocenters. The molecule has 0 aliphatic carbocycles. The Kier molecular flexibility index (Phi) is 4.61. The van der Waals surface area contributed by atoms with Crippen molar-refractivity contribution in [1.82, 2.24) is 19.5 Å². The van der Waals surface area contributed by atoms with Gasteiger partial charge in [0.05, 0.1) is 12.4 Å². The number of aliphatic hydroxyl groups excluding tert-OH is 1. The zero-order valence-electron chi connectivity index (χ0n) is 14.7. The predicted octanol–water partition coefficient (Wildman–Crippen LogP) is 1.02. The average Bonchev–Trinajstić information content (AvgIpc) is 3.10. The number of hydrogen-bond donors (Lipinski definition) is 3. The number of carbonyl (C=O) groups is 1. The molecule has 0 unspecified atom stereocenters. The van der Waals surface area contributed by atoms with Gasteiger partial charge in [-0.05, 0) is 6.42 Å². The van der Waals surface area contributed by atoms with Gasteiger partial charge < -0.3 is 9.84 Å². The van der Waals surface area contributed by atoms with E-state index >= 15 is 0 Å². The van der Waals surface area contributed by atoms with Crippen LogP contribution in [-0.2, 0) is 9.53 Å². The van der Waals surface area contributed by atoms with Gasteiger partial charge in [0.25, 0.3) is 5.56 Å². The second kappa shape index (κ2) is 6.57. The summed E-state index contributed by atoms with van der Waals surface area (Å²) in [7, 11) is 0. The fraction of sp³-hybridized carbons (Fsp3) is 0.625. The number of fused-ring (bicyclic) bond motifs is 1. The monoisotopic (exact) mass is 349 g/mol. The minimum absolute atomic E-state index is 0.0467. The first kappa shape index (κ1) is 17.6. The van der Waals surface area contributed by atoms with Crippen molar-refractivity contribution < 1.29 is 14.6 Å². The number of rotatable bonds is 4. The van der Waals surface area contributed by atoms with Crippen molar-refractivity contribution in [3.05, 3.63) is 16.7 Å². The Morgan fingerprint density at radius 1 is 1.52 bits per heavy atom. The lowest BCUT2D eigenvalue weighted by atomic mass is 9.99. The van der Waals surface area contributed by atoms with Gasteiger partial charge in [0.1, 0.15) is 6.10 Å². The maximum Gasteiger partial charge on any atom is 0.280 e. The maximum absolute atomic E-state index is 12.2. The molecule has 136 valence electrons. The Hall–Kier alpha value is -2.26. The summed E-state index contributed by atoms with van der Waals surface area (Å²) >= 11 is 0. The highest BCUT2D eigenvalue weighted by Gasteiger charge is 2.41. The molecule has 3 heterocycles. The summed E-state index contributed by atoms with van der Waals surface area (Å²) in [6.45, 7) is 7.40. The van der Waals surface area contributed by atoms with Crippen LogP contribution in [0.3, 0.4) is 0 Å². The zero-order valence-corrected chi connectivity index (χ0v) is 14.7. The normalized spacial score (nSPS) is 26.5. The number of H-pyrrole nitrogens is 1. The van der Waals surface area contributed by atoms with Gasteiger partial charge in [-0.3, -0.25) is 24.5 Å². The fourth-order valence-corrected chi connectivity index (χ4v) is 2.99. The zero-order chi connectivity index (χ0) is 18.3. The van der Waals surface area contributed by atoms with Gasteiger partial charge in [0.2, 0.25) is 11.9 Å². The molecule has 2 aromatic rings. The van der Waals surface area contributed by atoms with Gasteiger partial charge in [-0.2, -0.15) is 4.98 Å². The van der Waals surface area contributed by atoms with Gasteiger partial charge in [-0.25, -0.2) is 4.98 Å². The summed E-state index contributed by atoms with van der Waals surface area (Å²) in [5.74, 6) is -0.512. The van der Waals surface area contributed by atoms with Gasteiger partial charge >= 0.3 is 0 Å². The van der Waals surface area contributed by atoms with Crippen molar-refractivity contribution in [2.75, 3.05) is 5.32 Å². The molecule has 0 saturated carbocycles. The van der Waals surface area contributed by atoms with Gasteiger partial charge in [0, 0.05) is 11.8 Å². The number of carbonyl (C=O) groups excluding carboxylic acids is 1. The minimum Gasteiger partial charge on any atom is -0.388 e. The van der Waals surface area contributed by atoms with Crippen molar-refractivity contribution in [2.45, 2.75) is 52.6 Å². The van der Waals surface area contributed by atoms with Crippen LogP contribution in [0.4, 0.5) is 5.95 Å². The van der Waals surface area contributed by atoms with Crippen LogP contribution in [0.5, 0.6) is 0 Å². The van der Waals surface area contributed by atoms with Gasteiger partial charge in [0.15, 0.2) is 17.4 Å². The summed E-state index contributed by atoms with van der Waals surface area (Å²) in [4.78, 5) is 35.0.